The van der Waals surface area contributed by atoms with Crippen LogP contribution in [0, 0.1) is 0 Å². The Morgan fingerprint density at radius 2 is 2.13 bits per heavy atom. The Morgan fingerprint density at radius 1 is 1.47 bits per heavy atom. The van der Waals surface area contributed by atoms with Crippen molar-refractivity contribution in [2.45, 2.75) is 59.2 Å². The van der Waals surface area contributed by atoms with Gasteiger partial charge in [-0.1, -0.05) is 6.92 Å². The summed E-state index contributed by atoms with van der Waals surface area (Å²) in [7, 11) is 0. The van der Waals surface area contributed by atoms with Crippen molar-refractivity contribution >= 4 is 0 Å². The van der Waals surface area contributed by atoms with Crippen LogP contribution in [0.4, 0.5) is 0 Å². The molecule has 0 aromatic carbocycles. The van der Waals surface area contributed by atoms with E-state index in [0.717, 1.165) is 18.8 Å². The van der Waals surface area contributed by atoms with Crippen molar-refractivity contribution in [2.75, 3.05) is 0 Å². The molecule has 0 fully saturated rings. The first kappa shape index (κ1) is 12.2. The zero-order valence-corrected chi connectivity index (χ0v) is 10.4. The Bertz CT molecular complexity index is 298. The highest BCUT2D eigenvalue weighted by atomic mass is 15.3. The smallest absolute Gasteiger partial charge is 0.164 e. The summed E-state index contributed by atoms with van der Waals surface area (Å²) in [4.78, 5) is 4.28. The number of nitrogens with one attached hydrogen (secondary N) is 1. The lowest BCUT2D eigenvalue weighted by Crippen LogP contribution is -2.35. The Hall–Kier alpha value is -0.900. The molecule has 1 atom stereocenters. The normalized spacial score (nSPS) is 14.2. The highest BCUT2D eigenvalue weighted by Crippen LogP contribution is 2.07. The lowest BCUT2D eigenvalue weighted by atomic mass is 10.1. The molecule has 1 aromatic rings. The zero-order chi connectivity index (χ0) is 11.5. The van der Waals surface area contributed by atoms with Gasteiger partial charge < -0.3 is 5.32 Å². The SMILES string of the molecule is CCC(C)n1cnc(CNC(C)(C)C)n1. The summed E-state index contributed by atoms with van der Waals surface area (Å²) < 4.78 is 1.93. The van der Waals surface area contributed by atoms with Crippen molar-refractivity contribution in [1.29, 1.82) is 0 Å². The third kappa shape index (κ3) is 4.00. The van der Waals surface area contributed by atoms with Crippen molar-refractivity contribution in [2.24, 2.45) is 0 Å². The predicted octanol–water partition coefficient (Wildman–Crippen LogP) is 2.14. The molecule has 1 N–H and O–H groups in total. The first-order valence-corrected chi connectivity index (χ1v) is 5.57. The van der Waals surface area contributed by atoms with Crippen LogP contribution >= 0.6 is 0 Å². The van der Waals surface area contributed by atoms with Crippen LogP contribution in [0.3, 0.4) is 0 Å². The van der Waals surface area contributed by atoms with Crippen LogP contribution in [0.15, 0.2) is 6.33 Å². The molecule has 0 aliphatic rings. The summed E-state index contributed by atoms with van der Waals surface area (Å²) in [5.41, 5.74) is 0.113. The summed E-state index contributed by atoms with van der Waals surface area (Å²) in [5, 5.41) is 7.80. The molecule has 4 nitrogen and oxygen atoms in total. The molecule has 0 saturated heterocycles. The second-order valence-electron chi connectivity index (χ2n) is 5.00. The molecular formula is C11H22N4. The van der Waals surface area contributed by atoms with Crippen LogP contribution < -0.4 is 5.32 Å². The van der Waals surface area contributed by atoms with Crippen molar-refractivity contribution in [1.82, 2.24) is 20.1 Å². The molecule has 0 spiro atoms. The lowest BCUT2D eigenvalue weighted by molar-refractivity contribution is 0.413. The van der Waals surface area contributed by atoms with E-state index >= 15 is 0 Å². The van der Waals surface area contributed by atoms with E-state index in [-0.39, 0.29) is 5.54 Å². The van der Waals surface area contributed by atoms with Gasteiger partial charge in [-0.3, -0.25) is 0 Å². The molecule has 0 amide bonds. The molecule has 0 aliphatic heterocycles. The van der Waals surface area contributed by atoms with Gasteiger partial charge in [0.15, 0.2) is 5.82 Å². The third-order valence-electron chi connectivity index (χ3n) is 2.38. The molecule has 1 heterocycles. The zero-order valence-electron chi connectivity index (χ0n) is 10.4. The van der Waals surface area contributed by atoms with Gasteiger partial charge in [-0.2, -0.15) is 5.10 Å². The van der Waals surface area contributed by atoms with E-state index in [2.05, 4.69) is 50.0 Å². The maximum absolute atomic E-state index is 4.43. The molecule has 4 heteroatoms. The minimum Gasteiger partial charge on any atom is -0.305 e. The fourth-order valence-electron chi connectivity index (χ4n) is 1.14. The van der Waals surface area contributed by atoms with E-state index < -0.39 is 0 Å². The molecule has 15 heavy (non-hydrogen) atoms. The Balaban J connectivity index is 2.53. The molecule has 1 unspecified atom stereocenters. The van der Waals surface area contributed by atoms with Crippen molar-refractivity contribution in [3.8, 4) is 0 Å². The number of aromatic nitrogens is 3. The van der Waals surface area contributed by atoms with Crippen molar-refractivity contribution in [3.63, 3.8) is 0 Å². The van der Waals surface area contributed by atoms with Gasteiger partial charge in [0.25, 0.3) is 0 Å². The summed E-state index contributed by atoms with van der Waals surface area (Å²) in [6.07, 6.45) is 2.89. The fraction of sp³-hybridized carbons (Fsp3) is 0.818. The van der Waals surface area contributed by atoms with Crippen LogP contribution in [0.2, 0.25) is 0 Å². The Labute approximate surface area is 92.1 Å². The summed E-state index contributed by atoms with van der Waals surface area (Å²) in [6.45, 7) is 11.4. The first-order valence-electron chi connectivity index (χ1n) is 5.57. The highest BCUT2D eigenvalue weighted by molar-refractivity contribution is 4.84. The summed E-state index contributed by atoms with van der Waals surface area (Å²) in [5.74, 6) is 0.866. The number of hydrogen-bond acceptors (Lipinski definition) is 3. The largest absolute Gasteiger partial charge is 0.305 e. The molecular weight excluding hydrogens is 188 g/mol. The monoisotopic (exact) mass is 210 g/mol. The van der Waals surface area contributed by atoms with E-state index in [9.17, 15) is 0 Å². The molecule has 0 bridgehead atoms. The minimum absolute atomic E-state index is 0.113. The number of hydrogen-bond donors (Lipinski definition) is 1. The van der Waals surface area contributed by atoms with Gasteiger partial charge in [-0.15, -0.1) is 0 Å². The van der Waals surface area contributed by atoms with E-state index in [1.165, 1.54) is 0 Å². The molecule has 0 radical (unpaired) electrons. The quantitative estimate of drug-likeness (QED) is 0.828. The van der Waals surface area contributed by atoms with E-state index in [1.54, 1.807) is 0 Å². The van der Waals surface area contributed by atoms with Crippen molar-refractivity contribution in [3.05, 3.63) is 12.2 Å². The molecule has 0 saturated carbocycles. The van der Waals surface area contributed by atoms with Crippen LogP contribution in [-0.4, -0.2) is 20.3 Å². The van der Waals surface area contributed by atoms with Crippen LogP contribution in [0.5, 0.6) is 0 Å². The van der Waals surface area contributed by atoms with E-state index in [1.807, 2.05) is 11.0 Å². The van der Waals surface area contributed by atoms with Crippen LogP contribution in [0.25, 0.3) is 0 Å². The van der Waals surface area contributed by atoms with Crippen LogP contribution in [-0.2, 0) is 6.54 Å². The molecule has 1 rings (SSSR count). The van der Waals surface area contributed by atoms with Gasteiger partial charge in [0.2, 0.25) is 0 Å². The number of rotatable bonds is 4. The topological polar surface area (TPSA) is 42.7 Å². The molecule has 1 aromatic heterocycles. The maximum atomic E-state index is 4.43. The van der Waals surface area contributed by atoms with Gasteiger partial charge in [0.1, 0.15) is 6.33 Å². The molecule has 86 valence electrons. The van der Waals surface area contributed by atoms with Gasteiger partial charge in [-0.05, 0) is 34.1 Å². The summed E-state index contributed by atoms with van der Waals surface area (Å²) >= 11 is 0. The average Bonchev–Trinajstić information content (AvgIpc) is 2.61. The predicted molar refractivity (Wildman–Crippen MR) is 61.6 cm³/mol. The van der Waals surface area contributed by atoms with Gasteiger partial charge in [0.05, 0.1) is 12.6 Å². The third-order valence-corrected chi connectivity index (χ3v) is 2.38. The highest BCUT2D eigenvalue weighted by Gasteiger charge is 2.11. The lowest BCUT2D eigenvalue weighted by Gasteiger charge is -2.19. The minimum atomic E-state index is 0.113. The van der Waals surface area contributed by atoms with Gasteiger partial charge >= 0.3 is 0 Å². The first-order chi connectivity index (χ1) is 6.92. The van der Waals surface area contributed by atoms with Crippen molar-refractivity contribution < 1.29 is 0 Å². The second-order valence-corrected chi connectivity index (χ2v) is 5.00. The van der Waals surface area contributed by atoms with Gasteiger partial charge in [0, 0.05) is 5.54 Å². The fourth-order valence-corrected chi connectivity index (χ4v) is 1.14. The summed E-state index contributed by atoms with van der Waals surface area (Å²) in [6, 6.07) is 0.431. The second kappa shape index (κ2) is 4.75. The van der Waals surface area contributed by atoms with Crippen LogP contribution in [0.1, 0.15) is 52.9 Å². The average molecular weight is 210 g/mol. The standard InChI is InChI=1S/C11H22N4/c1-6-9(2)15-8-12-10(14-15)7-13-11(3,4)5/h8-9,13H,6-7H2,1-5H3. The van der Waals surface area contributed by atoms with Gasteiger partial charge in [-0.25, -0.2) is 9.67 Å². The molecule has 0 aliphatic carbocycles. The Morgan fingerprint density at radius 3 is 2.67 bits per heavy atom. The number of nitrogens with zero attached hydrogens (tertiary/aromatic N) is 3. The Kier molecular flexibility index (Phi) is 3.85. The maximum Gasteiger partial charge on any atom is 0.164 e. The van der Waals surface area contributed by atoms with E-state index in [0.29, 0.717) is 6.04 Å². The van der Waals surface area contributed by atoms with E-state index in [4.69, 9.17) is 0 Å².